The van der Waals surface area contributed by atoms with E-state index in [0.717, 1.165) is 31.4 Å². The van der Waals surface area contributed by atoms with Gasteiger partial charge in [-0.1, -0.05) is 6.42 Å². The number of amides is 3. The van der Waals surface area contributed by atoms with Crippen molar-refractivity contribution in [3.63, 3.8) is 0 Å². The number of nitrogens with one attached hydrogen (secondary N) is 2. The van der Waals surface area contributed by atoms with E-state index in [1.807, 2.05) is 11.8 Å². The number of carbonyl (C=O) groups excluding carboxylic acids is 2. The normalized spacial score (nSPS) is 25.0. The zero-order valence-corrected chi connectivity index (χ0v) is 14.9. The topological polar surface area (TPSA) is 98.7 Å². The zero-order chi connectivity index (χ0) is 17.5. The monoisotopic (exact) mass is 357 g/mol. The molecule has 24 heavy (non-hydrogen) atoms. The Bertz CT molecular complexity index is 474. The van der Waals surface area contributed by atoms with Crippen LogP contribution in [0.4, 0.5) is 4.79 Å². The third kappa shape index (κ3) is 5.58. The van der Waals surface area contributed by atoms with Crippen LogP contribution in [0.5, 0.6) is 0 Å². The second kappa shape index (κ2) is 9.15. The Morgan fingerprint density at radius 2 is 1.96 bits per heavy atom. The summed E-state index contributed by atoms with van der Waals surface area (Å²) < 4.78 is 0. The molecule has 2 fully saturated rings. The highest BCUT2D eigenvalue weighted by Crippen LogP contribution is 2.33. The minimum Gasteiger partial charge on any atom is -0.481 e. The molecule has 7 nitrogen and oxygen atoms in total. The van der Waals surface area contributed by atoms with Crippen molar-refractivity contribution in [3.05, 3.63) is 0 Å². The van der Waals surface area contributed by atoms with Crippen LogP contribution in [0.15, 0.2) is 0 Å². The van der Waals surface area contributed by atoms with E-state index in [9.17, 15) is 14.4 Å². The highest BCUT2D eigenvalue weighted by molar-refractivity contribution is 8.00. The van der Waals surface area contributed by atoms with Crippen molar-refractivity contribution in [1.82, 2.24) is 15.5 Å². The van der Waals surface area contributed by atoms with Crippen molar-refractivity contribution >= 4 is 29.7 Å². The number of fused-ring (bicyclic) bond motifs is 1. The average Bonchev–Trinajstić information content (AvgIpc) is 3.07. The number of hydrogen-bond donors (Lipinski definition) is 3. The summed E-state index contributed by atoms with van der Waals surface area (Å²) in [4.78, 5) is 35.5. The Hall–Kier alpha value is -1.44. The maximum Gasteiger partial charge on any atom is 0.315 e. The molecule has 2 aliphatic heterocycles. The minimum absolute atomic E-state index is 0.0602. The van der Waals surface area contributed by atoms with Gasteiger partial charge in [-0.25, -0.2) is 4.79 Å². The largest absolute Gasteiger partial charge is 0.481 e. The van der Waals surface area contributed by atoms with Gasteiger partial charge in [0.05, 0.1) is 12.1 Å². The molecular formula is C16H27N3O4S. The molecule has 3 N–H and O–H groups in total. The molecule has 0 aromatic carbocycles. The number of carboxylic acid groups (broad SMARTS) is 1. The predicted octanol–water partition coefficient (Wildman–Crippen LogP) is 1.43. The molecule has 0 aliphatic carbocycles. The fourth-order valence-corrected chi connectivity index (χ4v) is 4.75. The third-order valence-electron chi connectivity index (χ3n) is 4.63. The Balaban J connectivity index is 1.54. The van der Waals surface area contributed by atoms with Crippen LogP contribution in [0.1, 0.15) is 44.9 Å². The summed E-state index contributed by atoms with van der Waals surface area (Å²) in [6.07, 6.45) is 4.88. The van der Waals surface area contributed by atoms with Crippen molar-refractivity contribution in [2.75, 3.05) is 19.3 Å². The molecule has 3 amide bonds. The van der Waals surface area contributed by atoms with Crippen LogP contribution in [-0.4, -0.2) is 64.6 Å². The number of rotatable bonds is 10. The molecule has 8 heteroatoms. The van der Waals surface area contributed by atoms with Crippen molar-refractivity contribution in [1.29, 1.82) is 0 Å². The van der Waals surface area contributed by atoms with E-state index in [-0.39, 0.29) is 30.4 Å². The first-order chi connectivity index (χ1) is 11.5. The average molecular weight is 357 g/mol. The highest BCUT2D eigenvalue weighted by Gasteiger charge is 2.42. The number of carboxylic acids is 1. The van der Waals surface area contributed by atoms with Gasteiger partial charge >= 0.3 is 12.0 Å². The fraction of sp³-hybridized carbons (Fsp3) is 0.812. The summed E-state index contributed by atoms with van der Waals surface area (Å²) >= 11 is 1.90. The number of unbranched alkanes of at least 4 members (excludes halogenated alkanes) is 2. The van der Waals surface area contributed by atoms with Gasteiger partial charge in [-0.3, -0.25) is 9.59 Å². The summed E-state index contributed by atoms with van der Waals surface area (Å²) in [5.41, 5.74) is 0. The number of nitrogens with zero attached hydrogens (tertiary/aromatic N) is 1. The summed E-state index contributed by atoms with van der Waals surface area (Å²) in [7, 11) is 1.78. The number of urea groups is 1. The lowest BCUT2D eigenvalue weighted by Crippen LogP contribution is -2.36. The predicted molar refractivity (Wildman–Crippen MR) is 93.1 cm³/mol. The fourth-order valence-electron chi connectivity index (χ4n) is 3.21. The molecule has 2 aliphatic rings. The molecule has 2 rings (SSSR count). The number of thioether (sulfide) groups is 1. The Morgan fingerprint density at radius 1 is 1.21 bits per heavy atom. The second-order valence-corrected chi connectivity index (χ2v) is 7.81. The van der Waals surface area contributed by atoms with Crippen LogP contribution in [0.25, 0.3) is 0 Å². The highest BCUT2D eigenvalue weighted by atomic mass is 32.2. The van der Waals surface area contributed by atoms with Crippen LogP contribution in [-0.2, 0) is 9.59 Å². The molecule has 136 valence electrons. The van der Waals surface area contributed by atoms with E-state index in [2.05, 4.69) is 10.6 Å². The van der Waals surface area contributed by atoms with Crippen LogP contribution >= 0.6 is 11.8 Å². The van der Waals surface area contributed by atoms with E-state index in [0.29, 0.717) is 24.6 Å². The maximum atomic E-state index is 12.0. The molecule has 0 aromatic heterocycles. The molecule has 0 saturated carbocycles. The molecule has 0 bridgehead atoms. The van der Waals surface area contributed by atoms with Gasteiger partial charge in [-0.15, -0.1) is 0 Å². The lowest BCUT2D eigenvalue weighted by molar-refractivity contribution is -0.137. The third-order valence-corrected chi connectivity index (χ3v) is 6.14. The SMILES string of the molecule is CN(CCCCC(=O)O)C(=O)CCCC[C@@H]1SC[C@@H]2NC(=O)N[C@@H]21. The van der Waals surface area contributed by atoms with E-state index < -0.39 is 5.97 Å². The van der Waals surface area contributed by atoms with E-state index in [1.165, 1.54) is 0 Å². The van der Waals surface area contributed by atoms with Crippen molar-refractivity contribution in [3.8, 4) is 0 Å². The first-order valence-electron chi connectivity index (χ1n) is 8.62. The van der Waals surface area contributed by atoms with Gasteiger partial charge in [0.15, 0.2) is 0 Å². The van der Waals surface area contributed by atoms with Crippen LogP contribution in [0.2, 0.25) is 0 Å². The molecule has 0 spiro atoms. The smallest absolute Gasteiger partial charge is 0.315 e. The lowest BCUT2D eigenvalue weighted by atomic mass is 10.0. The van der Waals surface area contributed by atoms with Gasteiger partial charge < -0.3 is 20.6 Å². The molecule has 3 atom stereocenters. The van der Waals surface area contributed by atoms with Gasteiger partial charge in [-0.05, 0) is 25.7 Å². The van der Waals surface area contributed by atoms with E-state index >= 15 is 0 Å². The van der Waals surface area contributed by atoms with E-state index in [4.69, 9.17) is 5.11 Å². The molecule has 0 aromatic rings. The number of carbonyl (C=O) groups is 3. The van der Waals surface area contributed by atoms with Crippen molar-refractivity contribution < 1.29 is 19.5 Å². The minimum atomic E-state index is -0.787. The van der Waals surface area contributed by atoms with Crippen LogP contribution in [0.3, 0.4) is 0 Å². The summed E-state index contributed by atoms with van der Waals surface area (Å²) in [6, 6.07) is 0.427. The van der Waals surface area contributed by atoms with Crippen LogP contribution < -0.4 is 10.6 Å². The van der Waals surface area contributed by atoms with E-state index in [1.54, 1.807) is 11.9 Å². The molecule has 0 unspecified atom stereocenters. The Kier molecular flexibility index (Phi) is 7.20. The van der Waals surface area contributed by atoms with Gasteiger partial charge in [-0.2, -0.15) is 11.8 Å². The summed E-state index contributed by atoms with van der Waals surface area (Å²) in [5.74, 6) is 0.300. The summed E-state index contributed by atoms with van der Waals surface area (Å²) in [6.45, 7) is 0.617. The quantitative estimate of drug-likeness (QED) is 0.406. The maximum absolute atomic E-state index is 12.0. The van der Waals surface area contributed by atoms with Gasteiger partial charge in [0.25, 0.3) is 0 Å². The Labute approximate surface area is 146 Å². The Morgan fingerprint density at radius 3 is 2.71 bits per heavy atom. The standard InChI is InChI=1S/C16H27N3O4S/c1-19(9-5-4-8-14(21)22)13(20)7-3-2-6-12-15-11(10-24-12)17-16(23)18-15/h11-12,15H,2-10H2,1H3,(H,21,22)(H2,17,18,23)/t11-,12-,15-/m0/s1. The summed E-state index contributed by atoms with van der Waals surface area (Å²) in [5, 5.41) is 14.9. The van der Waals surface area contributed by atoms with Gasteiger partial charge in [0.1, 0.15) is 0 Å². The van der Waals surface area contributed by atoms with Gasteiger partial charge in [0.2, 0.25) is 5.91 Å². The van der Waals surface area contributed by atoms with Crippen molar-refractivity contribution in [2.45, 2.75) is 62.3 Å². The first kappa shape index (κ1) is 18.9. The molecule has 2 heterocycles. The lowest BCUT2D eigenvalue weighted by Gasteiger charge is -2.18. The molecule has 2 saturated heterocycles. The number of hydrogen-bond acceptors (Lipinski definition) is 4. The molecular weight excluding hydrogens is 330 g/mol. The number of aliphatic carboxylic acids is 1. The first-order valence-corrected chi connectivity index (χ1v) is 9.66. The molecule has 0 radical (unpaired) electrons. The second-order valence-electron chi connectivity index (χ2n) is 6.53. The van der Waals surface area contributed by atoms with Gasteiger partial charge in [0, 0.05) is 37.4 Å². The van der Waals surface area contributed by atoms with Crippen LogP contribution in [0, 0.1) is 0 Å². The zero-order valence-electron chi connectivity index (χ0n) is 14.1. The van der Waals surface area contributed by atoms with Crippen molar-refractivity contribution in [2.24, 2.45) is 0 Å².